The predicted molar refractivity (Wildman–Crippen MR) is 93.9 cm³/mol. The minimum absolute atomic E-state index is 0.713. The fraction of sp³-hybridized carbons (Fsp3) is 1.00. The van der Waals surface area contributed by atoms with Gasteiger partial charge < -0.3 is 18.9 Å². The van der Waals surface area contributed by atoms with Crippen LogP contribution in [0.25, 0.3) is 0 Å². The predicted octanol–water partition coefficient (Wildman–Crippen LogP) is 2.95. The highest BCUT2D eigenvalue weighted by atomic mass is 32.2. The van der Waals surface area contributed by atoms with E-state index in [9.17, 15) is 0 Å². The molecule has 128 valence electrons. The number of hydrogen-bond donors (Lipinski definition) is 0. The van der Waals surface area contributed by atoms with E-state index in [-0.39, 0.29) is 0 Å². The summed E-state index contributed by atoms with van der Waals surface area (Å²) < 4.78 is 21.3. The Morgan fingerprint density at radius 1 is 0.524 bits per heavy atom. The first-order valence-corrected chi connectivity index (χ1v) is 10.2. The Bertz CT molecular complexity index is 167. The molecule has 0 aromatic heterocycles. The molecule has 0 amide bonds. The summed E-state index contributed by atoms with van der Waals surface area (Å²) in [5.74, 6) is 4.59. The molecule has 0 saturated carbocycles. The minimum Gasteiger partial charge on any atom is -0.379 e. The highest BCUT2D eigenvalue weighted by Crippen LogP contribution is 2.08. The molecule has 21 heavy (non-hydrogen) atoms. The number of rotatable bonds is 18. The van der Waals surface area contributed by atoms with Crippen LogP contribution in [0.4, 0.5) is 0 Å². The lowest BCUT2D eigenvalue weighted by atomic mass is 10.6. The second-order valence-electron chi connectivity index (χ2n) is 4.20. The smallest absolute Gasteiger partial charge is 0.0700 e. The van der Waals surface area contributed by atoms with Gasteiger partial charge in [-0.1, -0.05) is 0 Å². The first-order chi connectivity index (χ1) is 10.4. The van der Waals surface area contributed by atoms with Crippen LogP contribution in [0.2, 0.25) is 0 Å². The van der Waals surface area contributed by atoms with E-state index in [1.165, 1.54) is 17.9 Å². The average molecular weight is 341 g/mol. The summed E-state index contributed by atoms with van der Waals surface area (Å²) in [6.45, 7) is 10.1. The van der Waals surface area contributed by atoms with Crippen LogP contribution in [-0.2, 0) is 18.9 Å². The maximum atomic E-state index is 5.46. The molecular formula is C15H32O4S2. The van der Waals surface area contributed by atoms with Gasteiger partial charge >= 0.3 is 0 Å². The van der Waals surface area contributed by atoms with E-state index < -0.39 is 0 Å². The summed E-state index contributed by atoms with van der Waals surface area (Å²) in [6, 6.07) is 0. The molecule has 0 atom stereocenters. The maximum Gasteiger partial charge on any atom is 0.0700 e. The zero-order valence-electron chi connectivity index (χ0n) is 13.6. The molecule has 0 saturated heterocycles. The van der Waals surface area contributed by atoms with Crippen molar-refractivity contribution in [3.05, 3.63) is 0 Å². The van der Waals surface area contributed by atoms with Crippen LogP contribution in [0.5, 0.6) is 0 Å². The summed E-state index contributed by atoms with van der Waals surface area (Å²) in [4.78, 5) is 0. The lowest BCUT2D eigenvalue weighted by Crippen LogP contribution is -2.06. The van der Waals surface area contributed by atoms with E-state index in [1.807, 2.05) is 37.4 Å². The molecule has 0 N–H and O–H groups in total. The van der Waals surface area contributed by atoms with Crippen LogP contribution in [0, 0.1) is 0 Å². The lowest BCUT2D eigenvalue weighted by Gasteiger charge is -2.05. The van der Waals surface area contributed by atoms with E-state index in [0.29, 0.717) is 26.4 Å². The van der Waals surface area contributed by atoms with E-state index in [0.717, 1.165) is 37.9 Å². The molecular weight excluding hydrogens is 308 g/mol. The van der Waals surface area contributed by atoms with Crippen LogP contribution in [0.3, 0.4) is 0 Å². The topological polar surface area (TPSA) is 36.9 Å². The molecule has 0 rings (SSSR count). The lowest BCUT2D eigenvalue weighted by molar-refractivity contribution is 0.0594. The van der Waals surface area contributed by atoms with Crippen molar-refractivity contribution in [1.82, 2.24) is 0 Å². The summed E-state index contributed by atoms with van der Waals surface area (Å²) in [7, 11) is 0. The van der Waals surface area contributed by atoms with Gasteiger partial charge in [0.25, 0.3) is 0 Å². The van der Waals surface area contributed by atoms with Gasteiger partial charge in [-0.2, -0.15) is 23.5 Å². The third kappa shape index (κ3) is 20.5. The van der Waals surface area contributed by atoms with Crippen molar-refractivity contribution < 1.29 is 18.9 Å². The molecule has 0 radical (unpaired) electrons. The number of hydrogen-bond acceptors (Lipinski definition) is 6. The van der Waals surface area contributed by atoms with Crippen LogP contribution in [0.1, 0.15) is 20.3 Å². The third-order valence-electron chi connectivity index (χ3n) is 2.47. The minimum atomic E-state index is 0.713. The Morgan fingerprint density at radius 3 is 1.38 bits per heavy atom. The van der Waals surface area contributed by atoms with Gasteiger partial charge in [-0.05, 0) is 31.8 Å². The summed E-state index contributed by atoms with van der Waals surface area (Å²) in [6.07, 6.45) is 1.26. The van der Waals surface area contributed by atoms with Crippen molar-refractivity contribution in [2.24, 2.45) is 0 Å². The molecule has 4 nitrogen and oxygen atoms in total. The van der Waals surface area contributed by atoms with Gasteiger partial charge in [-0.15, -0.1) is 0 Å². The summed E-state index contributed by atoms with van der Waals surface area (Å²) >= 11 is 3.93. The molecule has 0 aromatic rings. The molecule has 0 bridgehead atoms. The largest absolute Gasteiger partial charge is 0.379 e. The second kappa shape index (κ2) is 20.5. The SMILES string of the molecule is CCOCCOCCSCCCSCCOCCOCC. The van der Waals surface area contributed by atoms with Gasteiger partial charge in [0, 0.05) is 24.7 Å². The van der Waals surface area contributed by atoms with Crippen LogP contribution >= 0.6 is 23.5 Å². The van der Waals surface area contributed by atoms with E-state index in [4.69, 9.17) is 18.9 Å². The van der Waals surface area contributed by atoms with Crippen molar-refractivity contribution in [2.75, 3.05) is 75.9 Å². The molecule has 0 aliphatic carbocycles. The van der Waals surface area contributed by atoms with Gasteiger partial charge in [0.2, 0.25) is 0 Å². The molecule has 0 fully saturated rings. The summed E-state index contributed by atoms with van der Waals surface area (Å²) in [5.41, 5.74) is 0. The normalized spacial score (nSPS) is 11.1. The standard InChI is InChI=1S/C15H32O4S2/c1-3-16-6-8-18-10-14-20-12-5-13-21-15-11-19-9-7-17-4-2/h3-15H2,1-2H3. The van der Waals surface area contributed by atoms with Gasteiger partial charge in [0.1, 0.15) is 0 Å². The molecule has 0 aromatic carbocycles. The van der Waals surface area contributed by atoms with Crippen molar-refractivity contribution in [3.63, 3.8) is 0 Å². The van der Waals surface area contributed by atoms with E-state index >= 15 is 0 Å². The number of thioether (sulfide) groups is 2. The molecule has 0 aliphatic rings. The zero-order chi connectivity index (χ0) is 15.4. The highest BCUT2D eigenvalue weighted by molar-refractivity contribution is 8.00. The molecule has 0 aliphatic heterocycles. The average Bonchev–Trinajstić information content (AvgIpc) is 2.50. The van der Waals surface area contributed by atoms with Crippen LogP contribution < -0.4 is 0 Å². The van der Waals surface area contributed by atoms with Crippen molar-refractivity contribution in [1.29, 1.82) is 0 Å². The van der Waals surface area contributed by atoms with E-state index in [2.05, 4.69) is 0 Å². The van der Waals surface area contributed by atoms with Gasteiger partial charge in [0.15, 0.2) is 0 Å². The molecule has 0 spiro atoms. The second-order valence-corrected chi connectivity index (χ2v) is 6.65. The van der Waals surface area contributed by atoms with Crippen LogP contribution in [0.15, 0.2) is 0 Å². The monoisotopic (exact) mass is 340 g/mol. The number of ether oxygens (including phenoxy) is 4. The van der Waals surface area contributed by atoms with Gasteiger partial charge in [0.05, 0.1) is 39.6 Å². The van der Waals surface area contributed by atoms with Gasteiger partial charge in [-0.25, -0.2) is 0 Å². The Morgan fingerprint density at radius 2 is 0.952 bits per heavy atom. The first-order valence-electron chi connectivity index (χ1n) is 7.88. The Kier molecular flexibility index (Phi) is 21.1. The van der Waals surface area contributed by atoms with Gasteiger partial charge in [-0.3, -0.25) is 0 Å². The Hall–Kier alpha value is 0.540. The van der Waals surface area contributed by atoms with Crippen molar-refractivity contribution >= 4 is 23.5 Å². The Balaban J connectivity index is 2.90. The molecule has 0 unspecified atom stereocenters. The fourth-order valence-corrected chi connectivity index (χ4v) is 3.19. The Labute approximate surface area is 139 Å². The van der Waals surface area contributed by atoms with Crippen molar-refractivity contribution in [2.45, 2.75) is 20.3 Å². The fourth-order valence-electron chi connectivity index (χ4n) is 1.43. The van der Waals surface area contributed by atoms with Crippen LogP contribution in [-0.4, -0.2) is 75.9 Å². The first kappa shape index (κ1) is 21.5. The highest BCUT2D eigenvalue weighted by Gasteiger charge is 1.94. The quantitative estimate of drug-likeness (QED) is 0.357. The van der Waals surface area contributed by atoms with Crippen molar-refractivity contribution in [3.8, 4) is 0 Å². The summed E-state index contributed by atoms with van der Waals surface area (Å²) in [5, 5.41) is 0. The molecule has 0 heterocycles. The third-order valence-corrected chi connectivity index (χ3v) is 4.54. The zero-order valence-corrected chi connectivity index (χ0v) is 15.3. The van der Waals surface area contributed by atoms with E-state index in [1.54, 1.807) is 0 Å². The molecule has 6 heteroatoms. The maximum absolute atomic E-state index is 5.46.